The largest absolute Gasteiger partial charge is 0.315 e. The maximum Gasteiger partial charge on any atom is 0.159 e. The van der Waals surface area contributed by atoms with Gasteiger partial charge in [0.05, 0.1) is 16.6 Å². The van der Waals surface area contributed by atoms with E-state index >= 15 is 0 Å². The standard InChI is InChI=1S/C57H41N5/c1-57(2)51-17-10-9-16-47(51)48-30-28-46(37-52(48)57)61(45-26-20-40(21-27-45)56-58-33-11-34-59-56)44-24-18-38(19-25-44)41-23-31-53-50(36-41)49-29-22-39-32-35-60(42-12-5-3-6-13-42)54(39)55(49)62(53)43-14-7-4-8-15-43/h3-37H,1-2H3. The van der Waals surface area contributed by atoms with Gasteiger partial charge in [-0.2, -0.15) is 0 Å². The van der Waals surface area contributed by atoms with E-state index in [-0.39, 0.29) is 5.41 Å². The Balaban J connectivity index is 0.984. The van der Waals surface area contributed by atoms with Crippen LogP contribution in [0, 0.1) is 0 Å². The molecule has 0 saturated heterocycles. The van der Waals surface area contributed by atoms with Crippen molar-refractivity contribution in [3.63, 3.8) is 0 Å². The summed E-state index contributed by atoms with van der Waals surface area (Å²) >= 11 is 0. The van der Waals surface area contributed by atoms with E-state index in [1.54, 1.807) is 12.4 Å². The van der Waals surface area contributed by atoms with Crippen LogP contribution in [0.4, 0.5) is 17.1 Å². The van der Waals surface area contributed by atoms with E-state index < -0.39 is 0 Å². The first-order chi connectivity index (χ1) is 30.5. The molecule has 1 aliphatic rings. The number of nitrogens with zero attached hydrogens (tertiary/aromatic N) is 5. The van der Waals surface area contributed by atoms with Crippen molar-refractivity contribution >= 4 is 49.8 Å². The molecule has 0 radical (unpaired) electrons. The summed E-state index contributed by atoms with van der Waals surface area (Å²) in [6.07, 6.45) is 5.77. The molecule has 0 unspecified atom stereocenters. The van der Waals surface area contributed by atoms with Gasteiger partial charge >= 0.3 is 0 Å². The summed E-state index contributed by atoms with van der Waals surface area (Å²) in [5, 5.41) is 3.66. The van der Waals surface area contributed by atoms with E-state index in [2.05, 4.69) is 232 Å². The van der Waals surface area contributed by atoms with Gasteiger partial charge < -0.3 is 14.0 Å². The molecule has 62 heavy (non-hydrogen) atoms. The van der Waals surface area contributed by atoms with Gasteiger partial charge in [-0.15, -0.1) is 0 Å². The first-order valence-electron chi connectivity index (χ1n) is 21.2. The van der Waals surface area contributed by atoms with E-state index in [4.69, 9.17) is 0 Å². The Labute approximate surface area is 360 Å². The van der Waals surface area contributed by atoms with Crippen LogP contribution >= 0.6 is 0 Å². The lowest BCUT2D eigenvalue weighted by molar-refractivity contribution is 0.660. The summed E-state index contributed by atoms with van der Waals surface area (Å²) in [4.78, 5) is 11.4. The molecule has 5 heteroatoms. The minimum Gasteiger partial charge on any atom is -0.315 e. The fourth-order valence-electron chi connectivity index (χ4n) is 9.84. The Hall–Kier alpha value is -8.02. The number of anilines is 3. The fraction of sp³-hybridized carbons (Fsp3) is 0.0526. The minimum absolute atomic E-state index is 0.120. The van der Waals surface area contributed by atoms with E-state index in [0.29, 0.717) is 5.82 Å². The molecule has 12 rings (SSSR count). The first kappa shape index (κ1) is 35.9. The molecule has 1 aliphatic carbocycles. The van der Waals surface area contributed by atoms with Crippen molar-refractivity contribution in [3.8, 4) is 45.0 Å². The normalized spacial score (nSPS) is 12.8. The zero-order valence-electron chi connectivity index (χ0n) is 34.4. The van der Waals surface area contributed by atoms with Crippen LogP contribution in [0.15, 0.2) is 213 Å². The highest BCUT2D eigenvalue weighted by atomic mass is 15.1. The van der Waals surface area contributed by atoms with Crippen LogP contribution in [0.3, 0.4) is 0 Å². The molecule has 0 bridgehead atoms. The minimum atomic E-state index is -0.120. The van der Waals surface area contributed by atoms with E-state index in [1.807, 2.05) is 6.07 Å². The second-order valence-corrected chi connectivity index (χ2v) is 16.7. The Morgan fingerprint density at radius 1 is 0.452 bits per heavy atom. The summed E-state index contributed by atoms with van der Waals surface area (Å²) in [7, 11) is 0. The molecule has 0 spiro atoms. The summed E-state index contributed by atoms with van der Waals surface area (Å²) in [5.41, 5.74) is 17.6. The van der Waals surface area contributed by atoms with Crippen molar-refractivity contribution in [2.45, 2.75) is 19.3 Å². The zero-order chi connectivity index (χ0) is 41.4. The molecule has 11 aromatic rings. The molecular formula is C57H41N5. The molecular weight excluding hydrogens is 755 g/mol. The second kappa shape index (κ2) is 14.0. The Bertz CT molecular complexity index is 3460. The first-order valence-corrected chi connectivity index (χ1v) is 21.2. The smallest absolute Gasteiger partial charge is 0.159 e. The zero-order valence-corrected chi connectivity index (χ0v) is 34.4. The number of hydrogen-bond donors (Lipinski definition) is 0. The maximum absolute atomic E-state index is 4.51. The summed E-state index contributed by atoms with van der Waals surface area (Å²) in [6.45, 7) is 4.68. The molecule has 0 N–H and O–H groups in total. The van der Waals surface area contributed by atoms with Crippen LogP contribution in [-0.4, -0.2) is 19.1 Å². The Morgan fingerprint density at radius 2 is 1.08 bits per heavy atom. The lowest BCUT2D eigenvalue weighted by Crippen LogP contribution is -2.16. The molecule has 0 aliphatic heterocycles. The van der Waals surface area contributed by atoms with Gasteiger partial charge in [0.25, 0.3) is 0 Å². The summed E-state index contributed by atoms with van der Waals surface area (Å²) in [5.74, 6) is 0.713. The van der Waals surface area contributed by atoms with Crippen molar-refractivity contribution in [2.24, 2.45) is 0 Å². The second-order valence-electron chi connectivity index (χ2n) is 16.7. The van der Waals surface area contributed by atoms with Crippen molar-refractivity contribution in [2.75, 3.05) is 4.90 Å². The Morgan fingerprint density at radius 3 is 1.82 bits per heavy atom. The number of aromatic nitrogens is 4. The summed E-state index contributed by atoms with van der Waals surface area (Å²) in [6, 6.07) is 70.3. The van der Waals surface area contributed by atoms with Gasteiger partial charge in [-0.25, -0.2) is 9.97 Å². The number of para-hydroxylation sites is 2. The van der Waals surface area contributed by atoms with Crippen LogP contribution < -0.4 is 4.90 Å². The molecule has 5 nitrogen and oxygen atoms in total. The third-order valence-corrected chi connectivity index (χ3v) is 12.9. The average Bonchev–Trinajstić information content (AvgIpc) is 3.98. The monoisotopic (exact) mass is 795 g/mol. The maximum atomic E-state index is 4.51. The number of fused-ring (bicyclic) bond motifs is 8. The highest BCUT2D eigenvalue weighted by molar-refractivity contribution is 6.18. The fourth-order valence-corrected chi connectivity index (χ4v) is 9.84. The topological polar surface area (TPSA) is 38.9 Å². The average molecular weight is 796 g/mol. The molecule has 0 saturated carbocycles. The van der Waals surface area contributed by atoms with Gasteiger partial charge in [-0.1, -0.05) is 111 Å². The quantitative estimate of drug-likeness (QED) is 0.161. The third kappa shape index (κ3) is 5.62. The predicted molar refractivity (Wildman–Crippen MR) is 256 cm³/mol. The molecule has 3 aromatic heterocycles. The Kier molecular flexibility index (Phi) is 8.12. The van der Waals surface area contributed by atoms with Crippen molar-refractivity contribution < 1.29 is 0 Å². The van der Waals surface area contributed by atoms with E-state index in [9.17, 15) is 0 Å². The van der Waals surface area contributed by atoms with Gasteiger partial charge in [0.15, 0.2) is 5.82 Å². The van der Waals surface area contributed by atoms with Crippen molar-refractivity contribution in [3.05, 3.63) is 224 Å². The van der Waals surface area contributed by atoms with Gasteiger partial charge in [0.1, 0.15) is 0 Å². The molecule has 294 valence electrons. The van der Waals surface area contributed by atoms with Crippen LogP contribution in [0.5, 0.6) is 0 Å². The SMILES string of the molecule is CC1(C)c2ccccc2-c2ccc(N(c3ccc(-c4ccc5c(c4)c4ccc6ccn(-c7ccccc7)c6c4n5-c4ccccc4)cc3)c3ccc(-c4ncccn4)cc3)cc21. The lowest BCUT2D eigenvalue weighted by atomic mass is 9.82. The highest BCUT2D eigenvalue weighted by Crippen LogP contribution is 2.51. The van der Waals surface area contributed by atoms with Crippen LogP contribution in [0.2, 0.25) is 0 Å². The molecule has 0 atom stereocenters. The van der Waals surface area contributed by atoms with Gasteiger partial charge in [-0.3, -0.25) is 0 Å². The van der Waals surface area contributed by atoms with Gasteiger partial charge in [0, 0.05) is 74.2 Å². The molecule has 0 amide bonds. The lowest BCUT2D eigenvalue weighted by Gasteiger charge is -2.28. The van der Waals surface area contributed by atoms with E-state index in [1.165, 1.54) is 60.5 Å². The number of benzene rings is 8. The van der Waals surface area contributed by atoms with E-state index in [0.717, 1.165) is 39.6 Å². The molecule has 0 fully saturated rings. The number of hydrogen-bond acceptors (Lipinski definition) is 3. The van der Waals surface area contributed by atoms with Gasteiger partial charge in [0.2, 0.25) is 0 Å². The highest BCUT2D eigenvalue weighted by Gasteiger charge is 2.35. The number of rotatable bonds is 7. The van der Waals surface area contributed by atoms with Crippen LogP contribution in [0.1, 0.15) is 25.0 Å². The van der Waals surface area contributed by atoms with Crippen molar-refractivity contribution in [1.29, 1.82) is 0 Å². The van der Waals surface area contributed by atoms with Gasteiger partial charge in [-0.05, 0) is 130 Å². The van der Waals surface area contributed by atoms with Crippen molar-refractivity contribution in [1.82, 2.24) is 19.1 Å². The predicted octanol–water partition coefficient (Wildman–Crippen LogP) is 14.6. The summed E-state index contributed by atoms with van der Waals surface area (Å²) < 4.78 is 4.76. The molecule has 8 aromatic carbocycles. The molecule has 3 heterocycles. The third-order valence-electron chi connectivity index (χ3n) is 12.9. The van der Waals surface area contributed by atoms with Crippen LogP contribution in [-0.2, 0) is 5.41 Å². The van der Waals surface area contributed by atoms with Crippen LogP contribution in [0.25, 0.3) is 77.7 Å².